The first kappa shape index (κ1) is 51.2. The summed E-state index contributed by atoms with van der Waals surface area (Å²) < 4.78 is 28.4. The molecule has 5 aliphatic carbocycles. The maximum atomic E-state index is 12.7. The van der Waals surface area contributed by atoms with Crippen LogP contribution in [0.5, 0.6) is 0 Å². The van der Waals surface area contributed by atoms with Gasteiger partial charge in [-0.15, -0.1) is 0 Å². The van der Waals surface area contributed by atoms with Gasteiger partial charge in [0.15, 0.2) is 0 Å². The average Bonchev–Trinajstić information content (AvgIpc) is 3.60. The molecular formula is C50H88N2O10. The van der Waals surface area contributed by atoms with Gasteiger partial charge in [0.2, 0.25) is 5.91 Å². The van der Waals surface area contributed by atoms with Gasteiger partial charge in [0.25, 0.3) is 0 Å². The SMILES string of the molecule is CC(C)CCC[C@@H](C)[C@H]1CC[C@H]2[C@@H]3CC=C4CC(OC(=O)NCCCOCCOCCOCCNC(=O)CCCCOC5CC(O)(C(O)C(C)C)C5O)CC[C@]4(C)[C@H]3CC[C@]12C. The number of carbonyl (C=O) groups is 2. The lowest BCUT2D eigenvalue weighted by Crippen LogP contribution is -2.69. The van der Waals surface area contributed by atoms with Gasteiger partial charge in [-0.25, -0.2) is 4.79 Å². The second-order valence-corrected chi connectivity index (χ2v) is 21.2. The van der Waals surface area contributed by atoms with Crippen molar-refractivity contribution in [2.75, 3.05) is 59.3 Å². The molecule has 5 aliphatic rings. The summed E-state index contributed by atoms with van der Waals surface area (Å²) in [6.07, 6.45) is 16.0. The molecule has 5 N–H and O–H groups in total. The van der Waals surface area contributed by atoms with Crippen LogP contribution < -0.4 is 10.6 Å². The Morgan fingerprint density at radius 2 is 1.53 bits per heavy atom. The molecule has 12 nitrogen and oxygen atoms in total. The zero-order valence-electron chi connectivity index (χ0n) is 39.8. The summed E-state index contributed by atoms with van der Waals surface area (Å²) in [6.45, 7) is 20.1. The van der Waals surface area contributed by atoms with Crippen molar-refractivity contribution >= 4 is 12.0 Å². The van der Waals surface area contributed by atoms with Gasteiger partial charge >= 0.3 is 6.09 Å². The van der Waals surface area contributed by atoms with E-state index in [1.165, 1.54) is 51.4 Å². The van der Waals surface area contributed by atoms with E-state index in [2.05, 4.69) is 51.3 Å². The quantitative estimate of drug-likeness (QED) is 0.0407. The number of alkyl carbamates (subject to hydrolysis) is 1. The Bertz CT molecular complexity index is 1410. The Hall–Kier alpha value is -1.80. The minimum absolute atomic E-state index is 0.0479. The van der Waals surface area contributed by atoms with Crippen molar-refractivity contribution in [2.24, 2.45) is 52.3 Å². The molecule has 12 heteroatoms. The standard InChI is InChI=1S/C50H88N2O10/c1-34(2)12-10-13-36(5)40-17-18-41-39-16-15-37-32-38(19-21-48(37,6)42(39)20-22-49(40,41)7)62-47(56)52-23-11-25-58-28-30-60-31-29-59-27-24-51-44(53)14-8-9-26-61-43-33-50(57,46(43)55)45(54)35(3)4/h15,34-36,38-43,45-46,54-55,57H,8-14,16-33H2,1-7H3,(H,51,53)(H,52,56)/t36-,38?,39+,40-,41+,42+,43?,45?,46?,48+,49-,50?/m1/s1. The lowest BCUT2D eigenvalue weighted by atomic mass is 9.47. The number of hydrogen-bond donors (Lipinski definition) is 5. The molecule has 2 amide bonds. The molecule has 0 aliphatic heterocycles. The minimum atomic E-state index is -1.51. The lowest BCUT2D eigenvalue weighted by Gasteiger charge is -2.58. The van der Waals surface area contributed by atoms with Gasteiger partial charge < -0.3 is 49.6 Å². The van der Waals surface area contributed by atoms with Gasteiger partial charge in [0.1, 0.15) is 17.8 Å². The highest BCUT2D eigenvalue weighted by Crippen LogP contribution is 2.67. The molecular weight excluding hydrogens is 789 g/mol. The number of rotatable bonds is 27. The Morgan fingerprint density at radius 3 is 2.24 bits per heavy atom. The Labute approximate surface area is 374 Å². The molecule has 5 unspecified atom stereocenters. The highest BCUT2D eigenvalue weighted by Gasteiger charge is 2.60. The Balaban J connectivity index is 0.821. The van der Waals surface area contributed by atoms with Crippen molar-refractivity contribution in [1.82, 2.24) is 10.6 Å². The molecule has 0 aromatic heterocycles. The largest absolute Gasteiger partial charge is 0.446 e. The first-order valence-corrected chi connectivity index (χ1v) is 24.9. The van der Waals surface area contributed by atoms with Crippen LogP contribution in [0.4, 0.5) is 4.79 Å². The second kappa shape index (κ2) is 24.1. The summed E-state index contributed by atoms with van der Waals surface area (Å²) in [7, 11) is 0. The zero-order chi connectivity index (χ0) is 44.9. The van der Waals surface area contributed by atoms with Gasteiger partial charge in [0.05, 0.1) is 45.2 Å². The third-order valence-corrected chi connectivity index (χ3v) is 16.2. The number of amides is 2. The predicted molar refractivity (Wildman–Crippen MR) is 241 cm³/mol. The van der Waals surface area contributed by atoms with Gasteiger partial charge in [0, 0.05) is 45.6 Å². The first-order valence-electron chi connectivity index (χ1n) is 24.9. The van der Waals surface area contributed by atoms with E-state index >= 15 is 0 Å². The molecule has 0 aromatic carbocycles. The number of allylic oxidation sites excluding steroid dienone is 1. The van der Waals surface area contributed by atoms with Crippen LogP contribution in [0, 0.1) is 52.3 Å². The Morgan fingerprint density at radius 1 is 0.806 bits per heavy atom. The van der Waals surface area contributed by atoms with Crippen LogP contribution in [0.25, 0.3) is 0 Å². The number of aliphatic hydroxyl groups is 3. The summed E-state index contributed by atoms with van der Waals surface area (Å²) in [6, 6.07) is 0. The molecule has 0 radical (unpaired) electrons. The van der Waals surface area contributed by atoms with E-state index in [1.807, 2.05) is 0 Å². The van der Waals surface area contributed by atoms with Crippen molar-refractivity contribution in [3.63, 3.8) is 0 Å². The maximum absolute atomic E-state index is 12.7. The molecule has 4 fully saturated rings. The zero-order valence-corrected chi connectivity index (χ0v) is 39.8. The molecule has 0 heterocycles. The van der Waals surface area contributed by atoms with Crippen molar-refractivity contribution in [1.29, 1.82) is 0 Å². The van der Waals surface area contributed by atoms with Gasteiger partial charge in [-0.3, -0.25) is 4.79 Å². The smallest absolute Gasteiger partial charge is 0.407 e. The predicted octanol–water partition coefficient (Wildman–Crippen LogP) is 7.75. The average molecular weight is 877 g/mol. The van der Waals surface area contributed by atoms with Gasteiger partial charge in [-0.1, -0.05) is 79.4 Å². The molecule has 12 atom stereocenters. The number of nitrogens with one attached hydrogen (secondary N) is 2. The van der Waals surface area contributed by atoms with Crippen LogP contribution in [0.2, 0.25) is 0 Å². The molecule has 0 saturated heterocycles. The third-order valence-electron chi connectivity index (χ3n) is 16.2. The molecule has 0 aromatic rings. The van der Waals surface area contributed by atoms with E-state index < -0.39 is 23.9 Å². The summed E-state index contributed by atoms with van der Waals surface area (Å²) >= 11 is 0. The number of hydrogen-bond acceptors (Lipinski definition) is 10. The van der Waals surface area contributed by atoms with E-state index in [-0.39, 0.29) is 35.9 Å². The number of unbranched alkanes of at least 4 members (excludes halogenated alkanes) is 1. The maximum Gasteiger partial charge on any atom is 0.407 e. The topological polar surface area (TPSA) is 165 Å². The van der Waals surface area contributed by atoms with Crippen LogP contribution in [0.3, 0.4) is 0 Å². The first-order chi connectivity index (χ1) is 29.6. The fraction of sp³-hybridized carbons (Fsp3) is 0.920. The second-order valence-electron chi connectivity index (χ2n) is 21.2. The number of carbonyl (C=O) groups excluding carboxylic acids is 2. The van der Waals surface area contributed by atoms with Crippen molar-refractivity contribution < 1.29 is 48.6 Å². The molecule has 62 heavy (non-hydrogen) atoms. The van der Waals surface area contributed by atoms with Crippen molar-refractivity contribution in [2.45, 2.75) is 181 Å². The summed E-state index contributed by atoms with van der Waals surface area (Å²) in [4.78, 5) is 24.8. The fourth-order valence-electron chi connectivity index (χ4n) is 12.6. The highest BCUT2D eigenvalue weighted by molar-refractivity contribution is 5.75. The molecule has 0 spiro atoms. The number of aliphatic hydroxyl groups excluding tert-OH is 2. The van der Waals surface area contributed by atoms with E-state index in [0.717, 1.165) is 54.8 Å². The molecule has 5 rings (SSSR count). The molecule has 0 bridgehead atoms. The summed E-state index contributed by atoms with van der Waals surface area (Å²) in [5, 5.41) is 36.6. The highest BCUT2D eigenvalue weighted by atomic mass is 16.6. The molecule has 4 saturated carbocycles. The molecule has 358 valence electrons. The van der Waals surface area contributed by atoms with E-state index in [4.69, 9.17) is 23.7 Å². The number of ether oxygens (including phenoxy) is 5. The number of fused-ring (bicyclic) bond motifs is 5. The third kappa shape index (κ3) is 13.2. The van der Waals surface area contributed by atoms with E-state index in [0.29, 0.717) is 90.4 Å². The van der Waals surface area contributed by atoms with Crippen LogP contribution in [0.15, 0.2) is 11.6 Å². The summed E-state index contributed by atoms with van der Waals surface area (Å²) in [5.41, 5.74) is 0.784. The van der Waals surface area contributed by atoms with E-state index in [1.54, 1.807) is 19.4 Å². The van der Waals surface area contributed by atoms with Gasteiger partial charge in [-0.05, 0) is 116 Å². The van der Waals surface area contributed by atoms with E-state index in [9.17, 15) is 24.9 Å². The van der Waals surface area contributed by atoms with Crippen LogP contribution in [-0.4, -0.2) is 117 Å². The van der Waals surface area contributed by atoms with Crippen molar-refractivity contribution in [3.8, 4) is 0 Å². The lowest BCUT2D eigenvalue weighted by molar-refractivity contribution is -0.270. The fourth-order valence-corrected chi connectivity index (χ4v) is 12.6. The minimum Gasteiger partial charge on any atom is -0.446 e. The Kier molecular flexibility index (Phi) is 19.9. The van der Waals surface area contributed by atoms with Gasteiger partial charge in [-0.2, -0.15) is 0 Å². The van der Waals surface area contributed by atoms with Crippen LogP contribution >= 0.6 is 0 Å². The summed E-state index contributed by atoms with van der Waals surface area (Å²) in [5.74, 6) is 4.73. The monoisotopic (exact) mass is 877 g/mol. The van der Waals surface area contributed by atoms with Crippen LogP contribution in [0.1, 0.15) is 151 Å². The van der Waals surface area contributed by atoms with Crippen molar-refractivity contribution in [3.05, 3.63) is 11.6 Å². The van der Waals surface area contributed by atoms with Crippen LogP contribution in [-0.2, 0) is 28.5 Å². The normalized spacial score (nSPS) is 33.8.